The molecule has 0 saturated carbocycles. The summed E-state index contributed by atoms with van der Waals surface area (Å²) in [7, 11) is 0. The summed E-state index contributed by atoms with van der Waals surface area (Å²) < 4.78 is 0. The Hall–Kier alpha value is -2.04. The molecule has 0 aromatic heterocycles. The van der Waals surface area contributed by atoms with E-state index in [1.165, 1.54) is 41.8 Å². The van der Waals surface area contributed by atoms with Crippen LogP contribution in [0.2, 0.25) is 0 Å². The van der Waals surface area contributed by atoms with Crippen molar-refractivity contribution in [3.05, 3.63) is 59.7 Å². The summed E-state index contributed by atoms with van der Waals surface area (Å²) in [6.07, 6.45) is 3.60. The number of piperazine rings is 2. The van der Waals surface area contributed by atoms with Crippen LogP contribution < -0.4 is 20.4 Å². The zero-order valence-corrected chi connectivity index (χ0v) is 20.7. The lowest BCUT2D eigenvalue weighted by Crippen LogP contribution is -2.49. The third-order valence-electron chi connectivity index (χ3n) is 6.34. The molecule has 2 fully saturated rings. The first-order valence-corrected chi connectivity index (χ1v) is 12.7. The van der Waals surface area contributed by atoms with Gasteiger partial charge in [0.05, 0.1) is 0 Å². The number of nitrogens with one attached hydrogen (secondary N) is 2. The van der Waals surface area contributed by atoms with Crippen molar-refractivity contribution in [1.29, 1.82) is 0 Å². The number of aryl methyl sites for hydroxylation is 1. The minimum Gasteiger partial charge on any atom is -0.369 e. The van der Waals surface area contributed by atoms with E-state index >= 15 is 0 Å². The van der Waals surface area contributed by atoms with E-state index in [1.54, 1.807) is 0 Å². The van der Waals surface area contributed by atoms with Gasteiger partial charge < -0.3 is 20.4 Å². The Morgan fingerprint density at radius 3 is 2.25 bits per heavy atom. The van der Waals surface area contributed by atoms with Crippen LogP contribution >= 0.6 is 0 Å². The Morgan fingerprint density at radius 1 is 0.875 bits per heavy atom. The highest BCUT2D eigenvalue weighted by atomic mass is 15.2. The van der Waals surface area contributed by atoms with E-state index in [-0.39, 0.29) is 0 Å². The summed E-state index contributed by atoms with van der Waals surface area (Å²) in [5.74, 6) is 0.735. The van der Waals surface area contributed by atoms with Crippen LogP contribution in [-0.2, 0) is 12.8 Å². The molecule has 2 aliphatic heterocycles. The number of nitrogens with zero attached hydrogens (tertiary/aromatic N) is 2. The van der Waals surface area contributed by atoms with Crippen molar-refractivity contribution in [2.75, 3.05) is 55.6 Å². The monoisotopic (exact) mass is 436 g/mol. The molecule has 0 spiro atoms. The topological polar surface area (TPSA) is 30.5 Å². The van der Waals surface area contributed by atoms with E-state index in [2.05, 4.69) is 96.7 Å². The van der Waals surface area contributed by atoms with Crippen LogP contribution in [0.5, 0.6) is 0 Å². The third-order valence-corrected chi connectivity index (χ3v) is 6.34. The van der Waals surface area contributed by atoms with Gasteiger partial charge in [-0.2, -0.15) is 0 Å². The van der Waals surface area contributed by atoms with Gasteiger partial charge >= 0.3 is 0 Å². The number of hydrogen-bond donors (Lipinski definition) is 2. The van der Waals surface area contributed by atoms with E-state index in [0.29, 0.717) is 6.04 Å². The highest BCUT2D eigenvalue weighted by molar-refractivity contribution is 5.50. The van der Waals surface area contributed by atoms with Crippen molar-refractivity contribution in [3.8, 4) is 0 Å². The second-order valence-corrected chi connectivity index (χ2v) is 9.67. The van der Waals surface area contributed by atoms with Gasteiger partial charge in [0.2, 0.25) is 0 Å². The fraction of sp³-hybridized carbons (Fsp3) is 0.571. The van der Waals surface area contributed by atoms with E-state index in [9.17, 15) is 0 Å². The summed E-state index contributed by atoms with van der Waals surface area (Å²) >= 11 is 0. The Kier molecular flexibility index (Phi) is 9.89. The molecule has 1 atom stereocenters. The summed E-state index contributed by atoms with van der Waals surface area (Å²) in [6.45, 7) is 16.8. The maximum absolute atomic E-state index is 3.43. The SMILES string of the molecule is CC(C)Cc1ccc(N2CCNC[C@H]2C)cc1.CCCc1cccc(N2CCNCC2)c1. The Morgan fingerprint density at radius 2 is 1.59 bits per heavy atom. The zero-order valence-electron chi connectivity index (χ0n) is 20.7. The van der Waals surface area contributed by atoms with Gasteiger partial charge in [-0.1, -0.05) is 51.5 Å². The predicted octanol–water partition coefficient (Wildman–Crippen LogP) is 4.73. The third kappa shape index (κ3) is 7.53. The quantitative estimate of drug-likeness (QED) is 0.685. The lowest BCUT2D eigenvalue weighted by Gasteiger charge is -2.36. The molecule has 176 valence electrons. The smallest absolute Gasteiger partial charge is 0.0386 e. The van der Waals surface area contributed by atoms with Crippen LogP contribution in [0.15, 0.2) is 48.5 Å². The summed E-state index contributed by atoms with van der Waals surface area (Å²) in [6, 6.07) is 18.7. The lowest BCUT2D eigenvalue weighted by molar-refractivity contribution is 0.501. The fourth-order valence-electron chi connectivity index (χ4n) is 4.64. The number of benzene rings is 2. The Labute approximate surface area is 196 Å². The summed E-state index contributed by atoms with van der Waals surface area (Å²) in [4.78, 5) is 4.96. The fourth-order valence-corrected chi connectivity index (χ4v) is 4.64. The Balaban J connectivity index is 0.000000182. The van der Waals surface area contributed by atoms with Gasteiger partial charge in [-0.25, -0.2) is 0 Å². The van der Waals surface area contributed by atoms with Gasteiger partial charge in [-0.3, -0.25) is 0 Å². The molecule has 0 radical (unpaired) electrons. The molecule has 0 unspecified atom stereocenters. The molecule has 2 aromatic rings. The molecule has 2 saturated heterocycles. The second-order valence-electron chi connectivity index (χ2n) is 9.67. The van der Waals surface area contributed by atoms with Crippen molar-refractivity contribution < 1.29 is 0 Å². The van der Waals surface area contributed by atoms with Crippen LogP contribution in [0.3, 0.4) is 0 Å². The average molecular weight is 437 g/mol. The molecule has 0 aliphatic carbocycles. The largest absolute Gasteiger partial charge is 0.369 e. The first kappa shape index (κ1) is 24.6. The van der Waals surface area contributed by atoms with Gasteiger partial charge in [0.15, 0.2) is 0 Å². The minimum absolute atomic E-state index is 0.597. The molecule has 2 aromatic carbocycles. The van der Waals surface area contributed by atoms with Crippen LogP contribution in [0.1, 0.15) is 45.2 Å². The molecule has 32 heavy (non-hydrogen) atoms. The van der Waals surface area contributed by atoms with Gasteiger partial charge in [0.25, 0.3) is 0 Å². The number of anilines is 2. The van der Waals surface area contributed by atoms with Crippen molar-refractivity contribution in [3.63, 3.8) is 0 Å². The van der Waals surface area contributed by atoms with Gasteiger partial charge in [0.1, 0.15) is 0 Å². The van der Waals surface area contributed by atoms with E-state index < -0.39 is 0 Å². The molecule has 2 heterocycles. The van der Waals surface area contributed by atoms with Gasteiger partial charge in [0, 0.05) is 63.2 Å². The molecule has 4 heteroatoms. The molecular weight excluding hydrogens is 392 g/mol. The first-order chi connectivity index (χ1) is 15.6. The van der Waals surface area contributed by atoms with Crippen LogP contribution in [-0.4, -0.2) is 51.9 Å². The number of rotatable bonds is 6. The second kappa shape index (κ2) is 12.9. The molecule has 4 nitrogen and oxygen atoms in total. The Bertz CT molecular complexity index is 780. The molecule has 2 aliphatic rings. The van der Waals surface area contributed by atoms with Crippen molar-refractivity contribution >= 4 is 11.4 Å². The highest BCUT2D eigenvalue weighted by Gasteiger charge is 2.17. The van der Waals surface area contributed by atoms with Gasteiger partial charge in [-0.05, 0) is 61.1 Å². The van der Waals surface area contributed by atoms with Crippen molar-refractivity contribution in [1.82, 2.24) is 10.6 Å². The molecular formula is C28H44N4. The maximum atomic E-state index is 3.43. The summed E-state index contributed by atoms with van der Waals surface area (Å²) in [5.41, 5.74) is 5.68. The van der Waals surface area contributed by atoms with Crippen molar-refractivity contribution in [2.24, 2.45) is 5.92 Å². The van der Waals surface area contributed by atoms with Crippen LogP contribution in [0.4, 0.5) is 11.4 Å². The number of hydrogen-bond acceptors (Lipinski definition) is 4. The van der Waals surface area contributed by atoms with Crippen LogP contribution in [0.25, 0.3) is 0 Å². The standard InChI is InChI=1S/C15H24N2.C13H20N2/c1-12(2)10-14-4-6-15(7-5-14)17-9-8-16-11-13(17)3;1-2-4-12-5-3-6-13(11-12)15-9-7-14-8-10-15/h4-7,12-13,16H,8-11H2,1-3H3;3,5-6,11,14H,2,4,7-10H2,1H3/t13-;/m1./s1. The average Bonchev–Trinajstić information content (AvgIpc) is 2.81. The molecule has 4 rings (SSSR count). The lowest BCUT2D eigenvalue weighted by atomic mass is 10.0. The molecule has 2 N–H and O–H groups in total. The predicted molar refractivity (Wildman–Crippen MR) is 140 cm³/mol. The van der Waals surface area contributed by atoms with Crippen molar-refractivity contribution in [2.45, 2.75) is 53.0 Å². The maximum Gasteiger partial charge on any atom is 0.0386 e. The van der Waals surface area contributed by atoms with E-state index in [4.69, 9.17) is 0 Å². The van der Waals surface area contributed by atoms with Gasteiger partial charge in [-0.15, -0.1) is 0 Å². The zero-order chi connectivity index (χ0) is 22.8. The first-order valence-electron chi connectivity index (χ1n) is 12.7. The highest BCUT2D eigenvalue weighted by Crippen LogP contribution is 2.20. The normalized spacial score (nSPS) is 19.0. The summed E-state index contributed by atoms with van der Waals surface area (Å²) in [5, 5.41) is 6.81. The van der Waals surface area contributed by atoms with E-state index in [0.717, 1.165) is 51.7 Å². The molecule has 0 amide bonds. The molecule has 0 bridgehead atoms. The van der Waals surface area contributed by atoms with E-state index in [1.807, 2.05) is 0 Å². The van der Waals surface area contributed by atoms with Crippen LogP contribution in [0, 0.1) is 5.92 Å². The minimum atomic E-state index is 0.597.